The SMILES string of the molecule is CCOC(=O)c1nc(COC(=O)C2CCN(S(C)(=O)=O)CC2)cs1. The van der Waals surface area contributed by atoms with Crippen molar-refractivity contribution in [2.75, 3.05) is 26.0 Å². The first-order valence-electron chi connectivity index (χ1n) is 7.54. The molecule has 2 heterocycles. The molecule has 24 heavy (non-hydrogen) atoms. The van der Waals surface area contributed by atoms with Gasteiger partial charge in [0.25, 0.3) is 0 Å². The Morgan fingerprint density at radius 3 is 2.58 bits per heavy atom. The molecule has 2 rings (SSSR count). The summed E-state index contributed by atoms with van der Waals surface area (Å²) in [6, 6.07) is 0. The minimum atomic E-state index is -3.21. The highest BCUT2D eigenvalue weighted by atomic mass is 32.2. The van der Waals surface area contributed by atoms with Gasteiger partial charge in [0.1, 0.15) is 6.61 Å². The van der Waals surface area contributed by atoms with Crippen LogP contribution in [-0.2, 0) is 30.9 Å². The zero-order chi connectivity index (χ0) is 17.7. The molecule has 1 aromatic rings. The first kappa shape index (κ1) is 18.8. The van der Waals surface area contributed by atoms with E-state index in [0.717, 1.165) is 17.6 Å². The van der Waals surface area contributed by atoms with Gasteiger partial charge in [0.15, 0.2) is 0 Å². The highest BCUT2D eigenvalue weighted by Crippen LogP contribution is 2.21. The van der Waals surface area contributed by atoms with Crippen molar-refractivity contribution in [2.45, 2.75) is 26.4 Å². The number of sulfonamides is 1. The van der Waals surface area contributed by atoms with Crippen LogP contribution in [0.15, 0.2) is 5.38 Å². The van der Waals surface area contributed by atoms with E-state index < -0.39 is 16.0 Å². The number of carbonyl (C=O) groups excluding carboxylic acids is 2. The minimum absolute atomic E-state index is 0.0129. The summed E-state index contributed by atoms with van der Waals surface area (Å²) >= 11 is 1.14. The molecule has 0 spiro atoms. The third kappa shape index (κ3) is 4.99. The van der Waals surface area contributed by atoms with Gasteiger partial charge in [0.2, 0.25) is 15.0 Å². The Balaban J connectivity index is 1.81. The van der Waals surface area contributed by atoms with E-state index in [1.54, 1.807) is 12.3 Å². The van der Waals surface area contributed by atoms with Crippen molar-refractivity contribution in [1.82, 2.24) is 9.29 Å². The van der Waals surface area contributed by atoms with E-state index in [-0.39, 0.29) is 30.1 Å². The molecule has 1 fully saturated rings. The molecule has 134 valence electrons. The molecule has 1 aromatic heterocycles. The number of hydrogen-bond acceptors (Lipinski definition) is 8. The molecule has 0 radical (unpaired) electrons. The van der Waals surface area contributed by atoms with Crippen LogP contribution in [0.4, 0.5) is 0 Å². The fourth-order valence-corrected chi connectivity index (χ4v) is 3.91. The van der Waals surface area contributed by atoms with Crippen molar-refractivity contribution in [3.8, 4) is 0 Å². The Labute approximate surface area is 144 Å². The molecule has 0 unspecified atom stereocenters. The van der Waals surface area contributed by atoms with Gasteiger partial charge in [-0.25, -0.2) is 22.5 Å². The van der Waals surface area contributed by atoms with E-state index in [9.17, 15) is 18.0 Å². The normalized spacial score (nSPS) is 16.8. The van der Waals surface area contributed by atoms with Crippen molar-refractivity contribution in [2.24, 2.45) is 5.92 Å². The Kier molecular flexibility index (Phi) is 6.30. The standard InChI is InChI=1S/C14H20N2O6S2/c1-3-21-14(18)12-15-11(9-23-12)8-22-13(17)10-4-6-16(7-5-10)24(2,19)20/h9-10H,3-8H2,1-2H3. The van der Waals surface area contributed by atoms with Crippen LogP contribution >= 0.6 is 11.3 Å². The molecule has 0 bridgehead atoms. The number of aromatic nitrogens is 1. The lowest BCUT2D eigenvalue weighted by Crippen LogP contribution is -2.40. The minimum Gasteiger partial charge on any atom is -0.461 e. The van der Waals surface area contributed by atoms with E-state index in [1.165, 1.54) is 4.31 Å². The Hall–Kier alpha value is -1.52. The highest BCUT2D eigenvalue weighted by molar-refractivity contribution is 7.88. The maximum absolute atomic E-state index is 12.1. The summed E-state index contributed by atoms with van der Waals surface area (Å²) in [6.07, 6.45) is 2.04. The lowest BCUT2D eigenvalue weighted by atomic mass is 9.98. The average molecular weight is 376 g/mol. The van der Waals surface area contributed by atoms with Crippen LogP contribution in [0.25, 0.3) is 0 Å². The fourth-order valence-electron chi connectivity index (χ4n) is 2.35. The molecule has 8 nitrogen and oxygen atoms in total. The predicted octanol–water partition coefficient (Wildman–Crippen LogP) is 1.03. The summed E-state index contributed by atoms with van der Waals surface area (Å²) in [6.45, 7) is 2.61. The van der Waals surface area contributed by atoms with Crippen LogP contribution in [-0.4, -0.2) is 55.6 Å². The molecule has 0 N–H and O–H groups in total. The van der Waals surface area contributed by atoms with Gasteiger partial charge in [0, 0.05) is 18.5 Å². The molecular formula is C14H20N2O6S2. The molecule has 1 saturated heterocycles. The molecule has 0 atom stereocenters. The fraction of sp³-hybridized carbons (Fsp3) is 0.643. The first-order chi connectivity index (χ1) is 11.3. The van der Waals surface area contributed by atoms with E-state index in [0.29, 0.717) is 31.6 Å². The van der Waals surface area contributed by atoms with Gasteiger partial charge in [-0.05, 0) is 19.8 Å². The Morgan fingerprint density at radius 1 is 1.33 bits per heavy atom. The van der Waals surface area contributed by atoms with Crippen LogP contribution in [0, 0.1) is 5.92 Å². The van der Waals surface area contributed by atoms with Crippen molar-refractivity contribution in [3.05, 3.63) is 16.1 Å². The summed E-state index contributed by atoms with van der Waals surface area (Å²) < 4.78 is 34.3. The molecule has 10 heteroatoms. The highest BCUT2D eigenvalue weighted by Gasteiger charge is 2.30. The molecule has 0 aromatic carbocycles. The van der Waals surface area contributed by atoms with Crippen molar-refractivity contribution >= 4 is 33.3 Å². The molecule has 0 amide bonds. The maximum atomic E-state index is 12.1. The van der Waals surface area contributed by atoms with Crippen molar-refractivity contribution in [3.63, 3.8) is 0 Å². The van der Waals surface area contributed by atoms with Crippen LogP contribution in [0.5, 0.6) is 0 Å². The summed E-state index contributed by atoms with van der Waals surface area (Å²) in [4.78, 5) is 27.7. The monoisotopic (exact) mass is 376 g/mol. The maximum Gasteiger partial charge on any atom is 0.367 e. The molecule has 0 aliphatic carbocycles. The Morgan fingerprint density at radius 2 is 2.00 bits per heavy atom. The number of carbonyl (C=O) groups is 2. The smallest absolute Gasteiger partial charge is 0.367 e. The van der Waals surface area contributed by atoms with E-state index in [4.69, 9.17) is 9.47 Å². The van der Waals surface area contributed by atoms with Crippen molar-refractivity contribution < 1.29 is 27.5 Å². The van der Waals surface area contributed by atoms with Gasteiger partial charge in [-0.15, -0.1) is 11.3 Å². The number of ether oxygens (including phenoxy) is 2. The topological polar surface area (TPSA) is 103 Å². The van der Waals surface area contributed by atoms with Crippen LogP contribution in [0.3, 0.4) is 0 Å². The lowest BCUT2D eigenvalue weighted by molar-refractivity contribution is -0.151. The second-order valence-corrected chi connectivity index (χ2v) is 8.25. The predicted molar refractivity (Wildman–Crippen MR) is 87.0 cm³/mol. The molecular weight excluding hydrogens is 356 g/mol. The number of nitrogens with zero attached hydrogens (tertiary/aromatic N) is 2. The largest absolute Gasteiger partial charge is 0.461 e. The quantitative estimate of drug-likeness (QED) is 0.683. The summed E-state index contributed by atoms with van der Waals surface area (Å²) in [5.41, 5.74) is 0.491. The second-order valence-electron chi connectivity index (χ2n) is 5.41. The molecule has 1 aliphatic heterocycles. The van der Waals surface area contributed by atoms with E-state index >= 15 is 0 Å². The zero-order valence-electron chi connectivity index (χ0n) is 13.6. The van der Waals surface area contributed by atoms with Crippen LogP contribution in [0.2, 0.25) is 0 Å². The van der Waals surface area contributed by atoms with E-state index in [1.807, 2.05) is 0 Å². The lowest BCUT2D eigenvalue weighted by Gasteiger charge is -2.28. The van der Waals surface area contributed by atoms with Gasteiger partial charge in [0.05, 0.1) is 24.5 Å². The van der Waals surface area contributed by atoms with E-state index in [2.05, 4.69) is 4.98 Å². The first-order valence-corrected chi connectivity index (χ1v) is 10.3. The number of thiazole rings is 1. The van der Waals surface area contributed by atoms with Gasteiger partial charge in [-0.1, -0.05) is 0 Å². The molecule has 0 saturated carbocycles. The van der Waals surface area contributed by atoms with Gasteiger partial charge in [-0.3, -0.25) is 4.79 Å². The Bertz CT molecular complexity index is 692. The summed E-state index contributed by atoms with van der Waals surface area (Å²) in [5, 5.41) is 1.87. The number of rotatable bonds is 6. The third-order valence-corrected chi connectivity index (χ3v) is 5.79. The van der Waals surface area contributed by atoms with Gasteiger partial charge < -0.3 is 9.47 Å². The average Bonchev–Trinajstić information content (AvgIpc) is 3.01. The third-order valence-electron chi connectivity index (χ3n) is 3.62. The molecule has 1 aliphatic rings. The van der Waals surface area contributed by atoms with Gasteiger partial charge >= 0.3 is 11.9 Å². The van der Waals surface area contributed by atoms with Gasteiger partial charge in [-0.2, -0.15) is 0 Å². The zero-order valence-corrected chi connectivity index (χ0v) is 15.2. The summed E-state index contributed by atoms with van der Waals surface area (Å²) in [5.74, 6) is -1.17. The van der Waals surface area contributed by atoms with Crippen LogP contribution in [0.1, 0.15) is 35.3 Å². The number of esters is 2. The number of hydrogen-bond donors (Lipinski definition) is 0. The van der Waals surface area contributed by atoms with Crippen molar-refractivity contribution in [1.29, 1.82) is 0 Å². The number of piperidine rings is 1. The second kappa shape index (κ2) is 8.04. The summed E-state index contributed by atoms with van der Waals surface area (Å²) in [7, 11) is -3.21. The van der Waals surface area contributed by atoms with Crippen LogP contribution < -0.4 is 0 Å².